The summed E-state index contributed by atoms with van der Waals surface area (Å²) in [6.07, 6.45) is 3.19. The summed E-state index contributed by atoms with van der Waals surface area (Å²) in [4.78, 5) is 14.8. The van der Waals surface area contributed by atoms with Crippen molar-refractivity contribution in [3.63, 3.8) is 0 Å². The van der Waals surface area contributed by atoms with Gasteiger partial charge in [-0.05, 0) is 18.6 Å². The number of carbonyl (C=O) groups is 1. The van der Waals surface area contributed by atoms with Crippen molar-refractivity contribution < 1.29 is 9.18 Å². The molecule has 1 heterocycles. The number of rotatable bonds is 6. The van der Waals surface area contributed by atoms with Crippen molar-refractivity contribution in [3.05, 3.63) is 29.8 Å². The summed E-state index contributed by atoms with van der Waals surface area (Å²) in [6, 6.07) is 1.42. The predicted molar refractivity (Wildman–Crippen MR) is 59.2 cm³/mol. The Kier molecular flexibility index (Phi) is 5.42. The van der Waals surface area contributed by atoms with Crippen LogP contribution in [-0.4, -0.2) is 24.0 Å². The Balaban J connectivity index is 2.18. The molecule has 1 rings (SSSR count). The molecule has 0 unspecified atom stereocenters. The number of nitrogens with zero attached hydrogens (tertiary/aromatic N) is 1. The summed E-state index contributed by atoms with van der Waals surface area (Å²) in [7, 11) is 0. The van der Waals surface area contributed by atoms with Crippen molar-refractivity contribution >= 4 is 5.91 Å². The van der Waals surface area contributed by atoms with E-state index in [9.17, 15) is 9.18 Å². The van der Waals surface area contributed by atoms with Crippen LogP contribution in [0.2, 0.25) is 0 Å². The van der Waals surface area contributed by atoms with Gasteiger partial charge in [0.1, 0.15) is 5.82 Å². The Morgan fingerprint density at radius 1 is 1.50 bits per heavy atom. The monoisotopic (exact) mass is 225 g/mol. The summed E-state index contributed by atoms with van der Waals surface area (Å²) in [5.74, 6) is -0.324. The molecular weight excluding hydrogens is 209 g/mol. The lowest BCUT2D eigenvalue weighted by molar-refractivity contribution is -0.120. The van der Waals surface area contributed by atoms with Crippen molar-refractivity contribution in [2.45, 2.75) is 19.9 Å². The van der Waals surface area contributed by atoms with Crippen LogP contribution >= 0.6 is 0 Å². The fraction of sp³-hybridized carbons (Fsp3) is 0.455. The third-order valence-corrected chi connectivity index (χ3v) is 1.99. The largest absolute Gasteiger partial charge is 0.356 e. The smallest absolute Gasteiger partial charge is 0.221 e. The van der Waals surface area contributed by atoms with E-state index >= 15 is 0 Å². The number of nitrogens with one attached hydrogen (secondary N) is 2. The standard InChI is InChI=1S/C11H16FN3O/c1-2-15-11(16)3-4-13-6-9-5-10(12)8-14-7-9/h5,7-8,13H,2-4,6H2,1H3,(H,15,16). The maximum Gasteiger partial charge on any atom is 0.221 e. The molecule has 0 spiro atoms. The highest BCUT2D eigenvalue weighted by Gasteiger charge is 1.99. The lowest BCUT2D eigenvalue weighted by Crippen LogP contribution is -2.27. The lowest BCUT2D eigenvalue weighted by Gasteiger charge is -2.04. The van der Waals surface area contributed by atoms with E-state index in [0.29, 0.717) is 26.1 Å². The molecule has 0 atom stereocenters. The summed E-state index contributed by atoms with van der Waals surface area (Å²) >= 11 is 0. The maximum absolute atomic E-state index is 12.8. The number of carbonyl (C=O) groups excluding carboxylic acids is 1. The minimum Gasteiger partial charge on any atom is -0.356 e. The third kappa shape index (κ3) is 4.84. The Hall–Kier alpha value is -1.49. The third-order valence-electron chi connectivity index (χ3n) is 1.99. The SMILES string of the molecule is CCNC(=O)CCNCc1cncc(F)c1. The topological polar surface area (TPSA) is 54.0 Å². The van der Waals surface area contributed by atoms with E-state index in [4.69, 9.17) is 0 Å². The van der Waals surface area contributed by atoms with Gasteiger partial charge >= 0.3 is 0 Å². The number of hydrogen-bond donors (Lipinski definition) is 2. The van der Waals surface area contributed by atoms with Gasteiger partial charge in [0.15, 0.2) is 0 Å². The number of halogens is 1. The van der Waals surface area contributed by atoms with E-state index in [1.54, 1.807) is 6.20 Å². The summed E-state index contributed by atoms with van der Waals surface area (Å²) in [5.41, 5.74) is 0.774. The van der Waals surface area contributed by atoms with Gasteiger partial charge in [0, 0.05) is 32.3 Å². The summed E-state index contributed by atoms with van der Waals surface area (Å²) in [5, 5.41) is 5.75. The second kappa shape index (κ2) is 6.90. The molecule has 0 aliphatic heterocycles. The maximum atomic E-state index is 12.8. The Bertz CT molecular complexity index is 344. The Morgan fingerprint density at radius 3 is 3.00 bits per heavy atom. The van der Waals surface area contributed by atoms with E-state index in [1.165, 1.54) is 6.07 Å². The number of pyridine rings is 1. The minimum atomic E-state index is -0.344. The number of aromatic nitrogens is 1. The van der Waals surface area contributed by atoms with Gasteiger partial charge in [-0.1, -0.05) is 0 Å². The average molecular weight is 225 g/mol. The van der Waals surface area contributed by atoms with E-state index in [0.717, 1.165) is 11.8 Å². The number of amides is 1. The molecule has 2 N–H and O–H groups in total. The van der Waals surface area contributed by atoms with Crippen LogP contribution < -0.4 is 10.6 Å². The van der Waals surface area contributed by atoms with Crippen LogP contribution in [-0.2, 0) is 11.3 Å². The van der Waals surface area contributed by atoms with Crippen LogP contribution in [0.15, 0.2) is 18.5 Å². The first-order valence-corrected chi connectivity index (χ1v) is 5.29. The first kappa shape index (κ1) is 12.6. The van der Waals surface area contributed by atoms with Gasteiger partial charge in [-0.15, -0.1) is 0 Å². The summed E-state index contributed by atoms with van der Waals surface area (Å²) < 4.78 is 12.8. The highest BCUT2D eigenvalue weighted by Crippen LogP contribution is 1.99. The first-order valence-electron chi connectivity index (χ1n) is 5.29. The quantitative estimate of drug-likeness (QED) is 0.705. The van der Waals surface area contributed by atoms with E-state index in [2.05, 4.69) is 15.6 Å². The van der Waals surface area contributed by atoms with Crippen LogP contribution in [0.3, 0.4) is 0 Å². The van der Waals surface area contributed by atoms with Crippen LogP contribution in [0.4, 0.5) is 4.39 Å². The molecule has 5 heteroatoms. The Morgan fingerprint density at radius 2 is 2.31 bits per heavy atom. The van der Waals surface area contributed by atoms with Gasteiger partial charge in [0.25, 0.3) is 0 Å². The number of hydrogen-bond acceptors (Lipinski definition) is 3. The van der Waals surface area contributed by atoms with Crippen molar-refractivity contribution in [2.24, 2.45) is 0 Å². The molecule has 1 aromatic heterocycles. The first-order chi connectivity index (χ1) is 7.72. The molecule has 0 saturated carbocycles. The summed E-state index contributed by atoms with van der Waals surface area (Å²) in [6.45, 7) is 3.61. The second-order valence-corrected chi connectivity index (χ2v) is 3.39. The van der Waals surface area contributed by atoms with E-state index in [1.807, 2.05) is 6.92 Å². The average Bonchev–Trinajstić information content (AvgIpc) is 2.25. The molecule has 1 amide bonds. The Labute approximate surface area is 94.3 Å². The molecule has 88 valence electrons. The lowest BCUT2D eigenvalue weighted by atomic mass is 10.3. The second-order valence-electron chi connectivity index (χ2n) is 3.39. The van der Waals surface area contributed by atoms with Crippen molar-refractivity contribution in [1.82, 2.24) is 15.6 Å². The van der Waals surface area contributed by atoms with Crippen LogP contribution in [0.5, 0.6) is 0 Å². The zero-order valence-electron chi connectivity index (χ0n) is 9.29. The normalized spacial score (nSPS) is 10.1. The van der Waals surface area contributed by atoms with Gasteiger partial charge in [0.2, 0.25) is 5.91 Å². The van der Waals surface area contributed by atoms with Crippen molar-refractivity contribution in [1.29, 1.82) is 0 Å². The molecule has 0 radical (unpaired) electrons. The van der Waals surface area contributed by atoms with E-state index in [-0.39, 0.29) is 11.7 Å². The molecule has 0 aromatic carbocycles. The molecule has 0 fully saturated rings. The van der Waals surface area contributed by atoms with Gasteiger partial charge in [0.05, 0.1) is 6.20 Å². The molecule has 16 heavy (non-hydrogen) atoms. The van der Waals surface area contributed by atoms with Gasteiger partial charge in [-0.2, -0.15) is 0 Å². The molecule has 0 saturated heterocycles. The fourth-order valence-electron chi connectivity index (χ4n) is 1.27. The molecule has 4 nitrogen and oxygen atoms in total. The minimum absolute atomic E-state index is 0.0207. The highest BCUT2D eigenvalue weighted by atomic mass is 19.1. The van der Waals surface area contributed by atoms with E-state index < -0.39 is 0 Å². The molecule has 0 bridgehead atoms. The van der Waals surface area contributed by atoms with Crippen LogP contribution in [0.25, 0.3) is 0 Å². The van der Waals surface area contributed by atoms with Crippen molar-refractivity contribution in [3.8, 4) is 0 Å². The van der Waals surface area contributed by atoms with Gasteiger partial charge < -0.3 is 10.6 Å². The van der Waals surface area contributed by atoms with Crippen molar-refractivity contribution in [2.75, 3.05) is 13.1 Å². The molecule has 0 aliphatic rings. The van der Waals surface area contributed by atoms with Crippen LogP contribution in [0, 0.1) is 5.82 Å². The zero-order valence-corrected chi connectivity index (χ0v) is 9.29. The highest BCUT2D eigenvalue weighted by molar-refractivity contribution is 5.75. The zero-order chi connectivity index (χ0) is 11.8. The molecule has 0 aliphatic carbocycles. The predicted octanol–water partition coefficient (Wildman–Crippen LogP) is 0.836. The van der Waals surface area contributed by atoms with Gasteiger partial charge in [-0.25, -0.2) is 4.39 Å². The van der Waals surface area contributed by atoms with Crippen LogP contribution in [0.1, 0.15) is 18.9 Å². The fourth-order valence-corrected chi connectivity index (χ4v) is 1.27. The molecule has 1 aromatic rings. The molecular formula is C11H16FN3O. The van der Waals surface area contributed by atoms with Gasteiger partial charge in [-0.3, -0.25) is 9.78 Å².